The van der Waals surface area contributed by atoms with Crippen molar-refractivity contribution in [3.63, 3.8) is 0 Å². The Bertz CT molecular complexity index is 839. The molecule has 0 aliphatic carbocycles. The van der Waals surface area contributed by atoms with Crippen LogP contribution in [0.4, 0.5) is 10.5 Å². The first kappa shape index (κ1) is 18.4. The van der Waals surface area contributed by atoms with Crippen molar-refractivity contribution < 1.29 is 19.5 Å². The summed E-state index contributed by atoms with van der Waals surface area (Å²) in [4.78, 5) is 39.1. The molecule has 0 unspecified atom stereocenters. The van der Waals surface area contributed by atoms with Gasteiger partial charge >= 0.3 is 12.0 Å². The average Bonchev–Trinajstić information content (AvgIpc) is 2.69. The second kappa shape index (κ2) is 7.90. The number of anilines is 1. The van der Waals surface area contributed by atoms with Crippen molar-refractivity contribution in [1.82, 2.24) is 9.80 Å². The SMILES string of the molecule is Cc1ccc(NC(=O)N2CCN(C(=O)c3ccc(C(=O)O)cc3)CC2)cc1. The highest BCUT2D eigenvalue weighted by molar-refractivity contribution is 5.96. The summed E-state index contributed by atoms with van der Waals surface area (Å²) in [6.45, 7) is 3.73. The van der Waals surface area contributed by atoms with Gasteiger partial charge in [0.15, 0.2) is 0 Å². The Labute approximate surface area is 157 Å². The van der Waals surface area contributed by atoms with Crippen molar-refractivity contribution in [2.45, 2.75) is 6.92 Å². The summed E-state index contributed by atoms with van der Waals surface area (Å²) in [6.07, 6.45) is 0. The van der Waals surface area contributed by atoms with E-state index in [9.17, 15) is 14.4 Å². The number of rotatable bonds is 3. The number of aryl methyl sites for hydroxylation is 1. The number of carboxylic acids is 1. The number of benzene rings is 2. The van der Waals surface area contributed by atoms with Crippen molar-refractivity contribution in [3.05, 3.63) is 65.2 Å². The van der Waals surface area contributed by atoms with E-state index in [-0.39, 0.29) is 17.5 Å². The van der Waals surface area contributed by atoms with Gasteiger partial charge in [-0.1, -0.05) is 17.7 Å². The fraction of sp³-hybridized carbons (Fsp3) is 0.250. The van der Waals surface area contributed by atoms with Gasteiger partial charge < -0.3 is 20.2 Å². The highest BCUT2D eigenvalue weighted by atomic mass is 16.4. The molecule has 1 aliphatic heterocycles. The van der Waals surface area contributed by atoms with Gasteiger partial charge in [0.2, 0.25) is 0 Å². The second-order valence-corrected chi connectivity index (χ2v) is 6.46. The molecular formula is C20H21N3O4. The molecule has 1 saturated heterocycles. The molecule has 0 aromatic heterocycles. The molecule has 0 radical (unpaired) electrons. The Kier molecular flexibility index (Phi) is 5.40. The van der Waals surface area contributed by atoms with E-state index in [0.29, 0.717) is 31.7 Å². The molecule has 1 fully saturated rings. The van der Waals surface area contributed by atoms with Gasteiger partial charge in [0.25, 0.3) is 5.91 Å². The lowest BCUT2D eigenvalue weighted by molar-refractivity contribution is 0.0667. The number of amides is 3. The largest absolute Gasteiger partial charge is 0.478 e. The number of urea groups is 1. The van der Waals surface area contributed by atoms with E-state index in [1.165, 1.54) is 24.3 Å². The third-order valence-electron chi connectivity index (χ3n) is 4.54. The molecule has 0 atom stereocenters. The summed E-state index contributed by atoms with van der Waals surface area (Å²) in [5, 5.41) is 11.8. The van der Waals surface area contributed by atoms with Crippen LogP contribution in [0.3, 0.4) is 0 Å². The molecule has 7 heteroatoms. The lowest BCUT2D eigenvalue weighted by Crippen LogP contribution is -2.51. The number of hydrogen-bond acceptors (Lipinski definition) is 3. The van der Waals surface area contributed by atoms with E-state index >= 15 is 0 Å². The molecule has 1 heterocycles. The third-order valence-corrected chi connectivity index (χ3v) is 4.54. The van der Waals surface area contributed by atoms with Gasteiger partial charge in [0.1, 0.15) is 0 Å². The van der Waals surface area contributed by atoms with Crippen LogP contribution in [0.2, 0.25) is 0 Å². The molecule has 2 N–H and O–H groups in total. The van der Waals surface area contributed by atoms with Gasteiger partial charge in [-0.05, 0) is 43.3 Å². The quantitative estimate of drug-likeness (QED) is 0.873. The lowest BCUT2D eigenvalue weighted by Gasteiger charge is -2.34. The smallest absolute Gasteiger partial charge is 0.335 e. The van der Waals surface area contributed by atoms with Crippen LogP contribution in [0.25, 0.3) is 0 Å². The van der Waals surface area contributed by atoms with Crippen LogP contribution in [0.15, 0.2) is 48.5 Å². The third kappa shape index (κ3) is 4.44. The van der Waals surface area contributed by atoms with E-state index in [0.717, 1.165) is 11.3 Å². The van der Waals surface area contributed by atoms with Crippen LogP contribution in [-0.4, -0.2) is 59.0 Å². The summed E-state index contributed by atoms with van der Waals surface area (Å²) in [6, 6.07) is 13.3. The first-order chi connectivity index (χ1) is 12.9. The van der Waals surface area contributed by atoms with Gasteiger partial charge in [-0.2, -0.15) is 0 Å². The van der Waals surface area contributed by atoms with E-state index < -0.39 is 5.97 Å². The molecular weight excluding hydrogens is 346 g/mol. The number of piperazine rings is 1. The zero-order chi connectivity index (χ0) is 19.4. The summed E-state index contributed by atoms with van der Waals surface area (Å²) < 4.78 is 0. The maximum Gasteiger partial charge on any atom is 0.335 e. The zero-order valence-corrected chi connectivity index (χ0v) is 15.0. The normalized spacial score (nSPS) is 14.0. The molecule has 2 aromatic rings. The molecule has 3 amide bonds. The summed E-state index contributed by atoms with van der Waals surface area (Å²) >= 11 is 0. The Morgan fingerprint density at radius 2 is 1.33 bits per heavy atom. The molecule has 27 heavy (non-hydrogen) atoms. The number of hydrogen-bond donors (Lipinski definition) is 2. The van der Waals surface area contributed by atoms with E-state index in [2.05, 4.69) is 5.32 Å². The Morgan fingerprint density at radius 1 is 0.815 bits per heavy atom. The predicted octanol–water partition coefficient (Wildman–Crippen LogP) is 2.68. The number of nitrogens with zero attached hydrogens (tertiary/aromatic N) is 2. The number of aromatic carboxylic acids is 1. The monoisotopic (exact) mass is 367 g/mol. The van der Waals surface area contributed by atoms with Gasteiger partial charge in [0.05, 0.1) is 5.56 Å². The maximum absolute atomic E-state index is 12.5. The second-order valence-electron chi connectivity index (χ2n) is 6.46. The van der Waals surface area contributed by atoms with Gasteiger partial charge in [-0.15, -0.1) is 0 Å². The number of carboxylic acid groups (broad SMARTS) is 1. The van der Waals surface area contributed by atoms with Crippen LogP contribution < -0.4 is 5.32 Å². The number of carbonyl (C=O) groups is 3. The minimum atomic E-state index is -1.03. The van der Waals surface area contributed by atoms with Crippen molar-refractivity contribution in [3.8, 4) is 0 Å². The van der Waals surface area contributed by atoms with Crippen molar-refractivity contribution in [2.75, 3.05) is 31.5 Å². The predicted molar refractivity (Wildman–Crippen MR) is 101 cm³/mol. The summed E-state index contributed by atoms with van der Waals surface area (Å²) in [7, 11) is 0. The lowest BCUT2D eigenvalue weighted by atomic mass is 10.1. The zero-order valence-electron chi connectivity index (χ0n) is 15.0. The molecule has 140 valence electrons. The van der Waals surface area contributed by atoms with Crippen molar-refractivity contribution in [2.24, 2.45) is 0 Å². The van der Waals surface area contributed by atoms with Gasteiger partial charge in [-0.3, -0.25) is 4.79 Å². The van der Waals surface area contributed by atoms with E-state index in [1.54, 1.807) is 9.80 Å². The standard InChI is InChI=1S/C20H21N3O4/c1-14-2-8-17(9-3-14)21-20(27)23-12-10-22(11-13-23)18(24)15-4-6-16(7-5-15)19(25)26/h2-9H,10-13H2,1H3,(H,21,27)(H,25,26). The highest BCUT2D eigenvalue weighted by Gasteiger charge is 2.25. The highest BCUT2D eigenvalue weighted by Crippen LogP contribution is 2.13. The van der Waals surface area contributed by atoms with Crippen LogP contribution >= 0.6 is 0 Å². The maximum atomic E-state index is 12.5. The molecule has 0 saturated carbocycles. The molecule has 2 aromatic carbocycles. The molecule has 3 rings (SSSR count). The van der Waals surface area contributed by atoms with E-state index in [4.69, 9.17) is 5.11 Å². The van der Waals surface area contributed by atoms with Crippen LogP contribution in [-0.2, 0) is 0 Å². The fourth-order valence-electron chi connectivity index (χ4n) is 2.89. The fourth-order valence-corrected chi connectivity index (χ4v) is 2.89. The summed E-state index contributed by atoms with van der Waals surface area (Å²) in [5.41, 5.74) is 2.45. The molecule has 1 aliphatic rings. The van der Waals surface area contributed by atoms with E-state index in [1.807, 2.05) is 31.2 Å². The Morgan fingerprint density at radius 3 is 1.89 bits per heavy atom. The first-order valence-corrected chi connectivity index (χ1v) is 8.69. The minimum absolute atomic E-state index is 0.143. The summed E-state index contributed by atoms with van der Waals surface area (Å²) in [5.74, 6) is -1.19. The Balaban J connectivity index is 1.54. The molecule has 0 bridgehead atoms. The van der Waals surface area contributed by atoms with Crippen molar-refractivity contribution in [1.29, 1.82) is 0 Å². The van der Waals surface area contributed by atoms with Crippen LogP contribution in [0, 0.1) is 6.92 Å². The van der Waals surface area contributed by atoms with Gasteiger partial charge in [-0.25, -0.2) is 9.59 Å². The molecule has 7 nitrogen and oxygen atoms in total. The number of nitrogens with one attached hydrogen (secondary N) is 1. The molecule has 0 spiro atoms. The van der Waals surface area contributed by atoms with Crippen LogP contribution in [0.1, 0.15) is 26.3 Å². The number of carbonyl (C=O) groups excluding carboxylic acids is 2. The van der Waals surface area contributed by atoms with Crippen molar-refractivity contribution >= 4 is 23.6 Å². The van der Waals surface area contributed by atoms with Crippen LogP contribution in [0.5, 0.6) is 0 Å². The minimum Gasteiger partial charge on any atom is -0.478 e. The average molecular weight is 367 g/mol. The Hall–Kier alpha value is -3.35. The first-order valence-electron chi connectivity index (χ1n) is 8.69. The van der Waals surface area contributed by atoms with Gasteiger partial charge in [0, 0.05) is 37.4 Å². The topological polar surface area (TPSA) is 90.0 Å².